The number of ether oxygens (including phenoxy) is 1. The third-order valence-electron chi connectivity index (χ3n) is 4.44. The highest BCUT2D eigenvalue weighted by atomic mass is 32.2. The van der Waals surface area contributed by atoms with Crippen molar-refractivity contribution in [2.75, 3.05) is 31.2 Å². The molecule has 4 rings (SSSR count). The molecule has 1 aromatic carbocycles. The van der Waals surface area contributed by atoms with Gasteiger partial charge in [-0.2, -0.15) is 0 Å². The molecule has 0 N–H and O–H groups in total. The second-order valence-electron chi connectivity index (χ2n) is 6.07. The van der Waals surface area contributed by atoms with Gasteiger partial charge in [-0.25, -0.2) is 17.4 Å². The predicted molar refractivity (Wildman–Crippen MR) is 96.5 cm³/mol. The highest BCUT2D eigenvalue weighted by Crippen LogP contribution is 2.26. The summed E-state index contributed by atoms with van der Waals surface area (Å²) < 4.78 is 32.7. The summed E-state index contributed by atoms with van der Waals surface area (Å²) >= 11 is 0. The van der Waals surface area contributed by atoms with Crippen molar-refractivity contribution in [3.63, 3.8) is 0 Å². The molecule has 0 spiro atoms. The lowest BCUT2D eigenvalue weighted by molar-refractivity contribution is 0.122. The summed E-state index contributed by atoms with van der Waals surface area (Å²) in [4.78, 5) is 7.04. The molecule has 0 saturated carbocycles. The molecule has 7 heteroatoms. The van der Waals surface area contributed by atoms with Gasteiger partial charge in [-0.05, 0) is 36.8 Å². The number of fused-ring (bicyclic) bond motifs is 1. The summed E-state index contributed by atoms with van der Waals surface area (Å²) in [5, 5.41) is 0.844. The molecule has 25 heavy (non-hydrogen) atoms. The minimum atomic E-state index is -3.68. The molecule has 0 radical (unpaired) electrons. The van der Waals surface area contributed by atoms with Crippen molar-refractivity contribution in [3.8, 4) is 0 Å². The Balaban J connectivity index is 1.86. The van der Waals surface area contributed by atoms with Crippen molar-refractivity contribution in [1.82, 2.24) is 8.96 Å². The fraction of sp³-hybridized carbons (Fsp3) is 0.278. The van der Waals surface area contributed by atoms with E-state index in [1.54, 1.807) is 36.5 Å². The Morgan fingerprint density at radius 1 is 1.04 bits per heavy atom. The molecule has 130 valence electrons. The van der Waals surface area contributed by atoms with Crippen molar-refractivity contribution in [1.29, 1.82) is 0 Å². The van der Waals surface area contributed by atoms with Crippen molar-refractivity contribution < 1.29 is 13.2 Å². The van der Waals surface area contributed by atoms with Crippen LogP contribution < -0.4 is 4.90 Å². The zero-order valence-corrected chi connectivity index (χ0v) is 14.7. The molecule has 2 aromatic heterocycles. The highest BCUT2D eigenvalue weighted by molar-refractivity contribution is 7.90. The zero-order chi connectivity index (χ0) is 17.4. The molecular formula is C18H19N3O3S. The largest absolute Gasteiger partial charge is 0.378 e. The fourth-order valence-electron chi connectivity index (χ4n) is 3.08. The predicted octanol–water partition coefficient (Wildman–Crippen LogP) is 2.42. The van der Waals surface area contributed by atoms with E-state index in [1.807, 2.05) is 19.1 Å². The van der Waals surface area contributed by atoms with Gasteiger partial charge in [0.2, 0.25) is 0 Å². The van der Waals surface area contributed by atoms with E-state index in [-0.39, 0.29) is 4.90 Å². The van der Waals surface area contributed by atoms with Gasteiger partial charge in [-0.3, -0.25) is 0 Å². The van der Waals surface area contributed by atoms with E-state index in [1.165, 1.54) is 3.97 Å². The lowest BCUT2D eigenvalue weighted by Gasteiger charge is -2.27. The molecule has 0 bridgehead atoms. The first-order valence-electron chi connectivity index (χ1n) is 8.19. The number of nitrogens with zero attached hydrogens (tertiary/aromatic N) is 3. The van der Waals surface area contributed by atoms with Crippen molar-refractivity contribution in [2.45, 2.75) is 11.8 Å². The van der Waals surface area contributed by atoms with E-state index in [0.717, 1.165) is 29.9 Å². The number of aryl methyl sites for hydroxylation is 1. The van der Waals surface area contributed by atoms with Gasteiger partial charge in [0.25, 0.3) is 10.0 Å². The van der Waals surface area contributed by atoms with Crippen LogP contribution in [0.5, 0.6) is 0 Å². The van der Waals surface area contributed by atoms with Gasteiger partial charge in [0.1, 0.15) is 5.82 Å². The average molecular weight is 357 g/mol. The molecule has 0 amide bonds. The van der Waals surface area contributed by atoms with E-state index >= 15 is 0 Å². The topological polar surface area (TPSA) is 64.4 Å². The van der Waals surface area contributed by atoms with Crippen LogP contribution in [-0.4, -0.2) is 43.7 Å². The van der Waals surface area contributed by atoms with Crippen molar-refractivity contribution in [2.24, 2.45) is 0 Å². The van der Waals surface area contributed by atoms with E-state index < -0.39 is 10.0 Å². The average Bonchev–Trinajstić information content (AvgIpc) is 3.00. The van der Waals surface area contributed by atoms with Gasteiger partial charge in [0, 0.05) is 24.7 Å². The van der Waals surface area contributed by atoms with Crippen LogP contribution in [0.25, 0.3) is 11.0 Å². The van der Waals surface area contributed by atoms with Crippen LogP contribution in [0, 0.1) is 6.92 Å². The molecule has 1 aliphatic rings. The fourth-order valence-corrected chi connectivity index (χ4v) is 4.47. The number of aromatic nitrogens is 2. The molecule has 0 unspecified atom stereocenters. The van der Waals surface area contributed by atoms with Crippen molar-refractivity contribution in [3.05, 3.63) is 54.2 Å². The number of hydrogen-bond acceptors (Lipinski definition) is 5. The summed E-state index contributed by atoms with van der Waals surface area (Å²) in [6.07, 6.45) is 1.64. The van der Waals surface area contributed by atoms with Crippen molar-refractivity contribution >= 4 is 26.9 Å². The van der Waals surface area contributed by atoms with Crippen LogP contribution in [0.3, 0.4) is 0 Å². The Labute approximate surface area is 146 Å². The van der Waals surface area contributed by atoms with Gasteiger partial charge < -0.3 is 9.64 Å². The molecule has 6 nitrogen and oxygen atoms in total. The van der Waals surface area contributed by atoms with Crippen LogP contribution in [0.2, 0.25) is 0 Å². The Morgan fingerprint density at radius 3 is 2.48 bits per heavy atom. The quantitative estimate of drug-likeness (QED) is 0.720. The molecule has 3 aromatic rings. The number of anilines is 1. The van der Waals surface area contributed by atoms with E-state index in [9.17, 15) is 8.42 Å². The maximum absolute atomic E-state index is 13.0. The monoisotopic (exact) mass is 357 g/mol. The van der Waals surface area contributed by atoms with Gasteiger partial charge >= 0.3 is 0 Å². The van der Waals surface area contributed by atoms with Crippen LogP contribution in [-0.2, 0) is 14.8 Å². The van der Waals surface area contributed by atoms with Crippen LogP contribution >= 0.6 is 0 Å². The normalized spacial score (nSPS) is 15.6. The third-order valence-corrected chi connectivity index (χ3v) is 6.10. The van der Waals surface area contributed by atoms with E-state index in [0.29, 0.717) is 18.9 Å². The van der Waals surface area contributed by atoms with Crippen LogP contribution in [0.15, 0.2) is 53.6 Å². The summed E-state index contributed by atoms with van der Waals surface area (Å²) in [7, 11) is -3.68. The van der Waals surface area contributed by atoms with Crippen LogP contribution in [0.1, 0.15) is 5.56 Å². The van der Waals surface area contributed by atoms with Crippen LogP contribution in [0.4, 0.5) is 5.82 Å². The van der Waals surface area contributed by atoms with E-state index in [2.05, 4.69) is 9.88 Å². The Bertz CT molecular complexity index is 1010. The summed E-state index contributed by atoms with van der Waals surface area (Å²) in [5.41, 5.74) is 1.35. The number of pyridine rings is 1. The molecule has 1 aliphatic heterocycles. The van der Waals surface area contributed by atoms with Gasteiger partial charge in [0.05, 0.1) is 18.1 Å². The summed E-state index contributed by atoms with van der Waals surface area (Å²) in [5.74, 6) is 0.776. The Morgan fingerprint density at radius 2 is 1.76 bits per heavy atom. The molecule has 1 fully saturated rings. The number of morpholine rings is 1. The standard InChI is InChI=1S/C18H19N3O3S/c1-14-13-21(25(22,23)15-5-3-2-4-6-15)18-16(14)7-8-17(19-18)20-9-11-24-12-10-20/h2-8,13H,9-12H2,1H3. The summed E-state index contributed by atoms with van der Waals surface area (Å²) in [6, 6.07) is 12.3. The van der Waals surface area contributed by atoms with E-state index in [4.69, 9.17) is 4.74 Å². The zero-order valence-electron chi connectivity index (χ0n) is 13.9. The molecule has 1 saturated heterocycles. The third kappa shape index (κ3) is 2.79. The Hall–Kier alpha value is -2.38. The lowest BCUT2D eigenvalue weighted by atomic mass is 10.2. The Kier molecular flexibility index (Phi) is 3.97. The maximum atomic E-state index is 13.0. The second kappa shape index (κ2) is 6.16. The number of benzene rings is 1. The minimum Gasteiger partial charge on any atom is -0.378 e. The van der Waals surface area contributed by atoms with Gasteiger partial charge in [-0.1, -0.05) is 18.2 Å². The molecule has 0 atom stereocenters. The first-order valence-corrected chi connectivity index (χ1v) is 9.63. The maximum Gasteiger partial charge on any atom is 0.269 e. The molecule has 3 heterocycles. The number of rotatable bonds is 3. The molecular weight excluding hydrogens is 338 g/mol. The smallest absolute Gasteiger partial charge is 0.269 e. The lowest BCUT2D eigenvalue weighted by Crippen LogP contribution is -2.36. The minimum absolute atomic E-state index is 0.255. The first kappa shape index (κ1) is 16.1. The molecule has 0 aliphatic carbocycles. The first-order chi connectivity index (χ1) is 12.1. The van der Waals surface area contributed by atoms with Gasteiger partial charge in [-0.15, -0.1) is 0 Å². The number of hydrogen-bond donors (Lipinski definition) is 0. The van der Waals surface area contributed by atoms with Gasteiger partial charge in [0.15, 0.2) is 5.65 Å². The SMILES string of the molecule is Cc1cn(S(=O)(=O)c2ccccc2)c2nc(N3CCOCC3)ccc12. The second-order valence-corrected chi connectivity index (χ2v) is 7.88. The summed E-state index contributed by atoms with van der Waals surface area (Å²) in [6.45, 7) is 4.72. The highest BCUT2D eigenvalue weighted by Gasteiger charge is 2.22.